The van der Waals surface area contributed by atoms with Gasteiger partial charge in [0, 0.05) is 11.8 Å². The maximum Gasteiger partial charge on any atom is 0.337 e. The van der Waals surface area contributed by atoms with E-state index in [2.05, 4.69) is 10.1 Å². The summed E-state index contributed by atoms with van der Waals surface area (Å²) in [5, 5.41) is 14.2. The summed E-state index contributed by atoms with van der Waals surface area (Å²) >= 11 is 6.14. The number of carbonyl (C=O) groups is 1. The average molecular weight is 384 g/mol. The Balaban J connectivity index is 2.01. The summed E-state index contributed by atoms with van der Waals surface area (Å²) in [6.45, 7) is 3.80. The number of methoxy groups -OCH3 is 1. The van der Waals surface area contributed by atoms with Gasteiger partial charge in [-0.2, -0.15) is 5.10 Å². The molecule has 3 rings (SSSR count). The molecule has 1 aromatic heterocycles. The van der Waals surface area contributed by atoms with E-state index in [-0.39, 0.29) is 16.3 Å². The Morgan fingerprint density at radius 3 is 2.56 bits per heavy atom. The largest absolute Gasteiger partial charge is 0.497 e. The molecular weight excluding hydrogens is 366 g/mol. The molecule has 0 saturated carbocycles. The van der Waals surface area contributed by atoms with Gasteiger partial charge in [-0.15, -0.1) is 0 Å². The molecule has 0 spiro atoms. The standard InChI is InChI=1S/C20H18ClN3O3/c1-12-17(11-22-19-16(20(25)26)5-4-6-18(19)21)13(2)24(23-12)14-7-9-15(27-3)10-8-14/h4-11H,1-3H3,(H,25,26). The van der Waals surface area contributed by atoms with Gasteiger partial charge in [0.15, 0.2) is 0 Å². The molecule has 138 valence electrons. The lowest BCUT2D eigenvalue weighted by molar-refractivity contribution is 0.0698. The van der Waals surface area contributed by atoms with Crippen LogP contribution in [0.15, 0.2) is 47.5 Å². The number of para-hydroxylation sites is 1. The summed E-state index contributed by atoms with van der Waals surface area (Å²) < 4.78 is 6.99. The molecule has 0 fully saturated rings. The molecule has 2 aromatic carbocycles. The predicted octanol–water partition coefficient (Wildman–Crippen LogP) is 4.60. The summed E-state index contributed by atoms with van der Waals surface area (Å²) in [7, 11) is 1.62. The highest BCUT2D eigenvalue weighted by molar-refractivity contribution is 6.33. The van der Waals surface area contributed by atoms with Crippen molar-refractivity contribution in [2.45, 2.75) is 13.8 Å². The van der Waals surface area contributed by atoms with Crippen molar-refractivity contribution in [3.63, 3.8) is 0 Å². The van der Waals surface area contributed by atoms with Crippen molar-refractivity contribution in [1.29, 1.82) is 0 Å². The first-order valence-corrected chi connectivity index (χ1v) is 8.56. The van der Waals surface area contributed by atoms with Crippen LogP contribution in [0.5, 0.6) is 5.75 Å². The van der Waals surface area contributed by atoms with Gasteiger partial charge in [0.1, 0.15) is 5.75 Å². The Kier molecular flexibility index (Phi) is 5.28. The molecule has 0 aliphatic rings. The van der Waals surface area contributed by atoms with Gasteiger partial charge < -0.3 is 9.84 Å². The van der Waals surface area contributed by atoms with Gasteiger partial charge in [0.05, 0.1) is 40.5 Å². The van der Waals surface area contributed by atoms with Crippen molar-refractivity contribution in [3.8, 4) is 11.4 Å². The maximum atomic E-state index is 11.4. The Labute approximate surface area is 161 Å². The topological polar surface area (TPSA) is 76.7 Å². The minimum absolute atomic E-state index is 0.0524. The number of aromatic nitrogens is 2. The fourth-order valence-electron chi connectivity index (χ4n) is 2.76. The van der Waals surface area contributed by atoms with Crippen molar-refractivity contribution < 1.29 is 14.6 Å². The highest BCUT2D eigenvalue weighted by Gasteiger charge is 2.14. The van der Waals surface area contributed by atoms with Crippen LogP contribution in [0.4, 0.5) is 5.69 Å². The third kappa shape index (κ3) is 3.71. The lowest BCUT2D eigenvalue weighted by Gasteiger charge is -2.06. The number of carboxylic acids is 1. The zero-order valence-electron chi connectivity index (χ0n) is 15.1. The lowest BCUT2D eigenvalue weighted by atomic mass is 10.1. The summed E-state index contributed by atoms with van der Waals surface area (Å²) in [5.74, 6) is -0.311. The van der Waals surface area contributed by atoms with Crippen LogP contribution in [0.2, 0.25) is 5.02 Å². The first kappa shape index (κ1) is 18.7. The molecule has 27 heavy (non-hydrogen) atoms. The number of aromatic carboxylic acids is 1. The molecule has 0 radical (unpaired) electrons. The zero-order valence-corrected chi connectivity index (χ0v) is 15.9. The molecule has 1 heterocycles. The van der Waals surface area contributed by atoms with E-state index < -0.39 is 5.97 Å². The van der Waals surface area contributed by atoms with Crippen LogP contribution < -0.4 is 4.74 Å². The maximum absolute atomic E-state index is 11.4. The van der Waals surface area contributed by atoms with Gasteiger partial charge in [0.2, 0.25) is 0 Å². The second-order valence-corrected chi connectivity index (χ2v) is 6.30. The van der Waals surface area contributed by atoms with Gasteiger partial charge >= 0.3 is 5.97 Å². The number of rotatable bonds is 5. The van der Waals surface area contributed by atoms with Crippen molar-refractivity contribution >= 4 is 29.5 Å². The van der Waals surface area contributed by atoms with E-state index in [0.717, 1.165) is 28.4 Å². The van der Waals surface area contributed by atoms with E-state index in [4.69, 9.17) is 16.3 Å². The second kappa shape index (κ2) is 7.63. The quantitative estimate of drug-likeness (QED) is 0.653. The molecule has 3 aromatic rings. The Bertz CT molecular complexity index is 1020. The number of halogens is 1. The third-order valence-electron chi connectivity index (χ3n) is 4.20. The summed E-state index contributed by atoms with van der Waals surface area (Å²) in [4.78, 5) is 15.7. The number of aliphatic imine (C=N–C) groups is 1. The summed E-state index contributed by atoms with van der Waals surface area (Å²) in [6, 6.07) is 12.2. The average Bonchev–Trinajstić information content (AvgIpc) is 2.94. The highest BCUT2D eigenvalue weighted by Crippen LogP contribution is 2.29. The third-order valence-corrected chi connectivity index (χ3v) is 4.51. The molecule has 0 bridgehead atoms. The van der Waals surface area contributed by atoms with Gasteiger partial charge in [-0.3, -0.25) is 4.99 Å². The van der Waals surface area contributed by atoms with Crippen LogP contribution in [0, 0.1) is 13.8 Å². The SMILES string of the molecule is COc1ccc(-n2nc(C)c(C=Nc3c(Cl)cccc3C(=O)O)c2C)cc1. The smallest absolute Gasteiger partial charge is 0.337 e. The molecule has 0 amide bonds. The molecule has 0 aliphatic heterocycles. The minimum atomic E-state index is -1.08. The zero-order chi connectivity index (χ0) is 19.6. The number of hydrogen-bond acceptors (Lipinski definition) is 4. The molecule has 0 aliphatic carbocycles. The molecule has 1 N–H and O–H groups in total. The van der Waals surface area contributed by atoms with Crippen LogP contribution >= 0.6 is 11.6 Å². The first-order valence-electron chi connectivity index (χ1n) is 8.19. The molecular formula is C20H18ClN3O3. The van der Waals surface area contributed by atoms with Gasteiger partial charge in [-0.05, 0) is 50.2 Å². The molecule has 7 heteroatoms. The number of nitrogens with zero attached hydrogens (tertiary/aromatic N) is 3. The number of hydrogen-bond donors (Lipinski definition) is 1. The van der Waals surface area contributed by atoms with Crippen molar-refractivity contribution in [3.05, 3.63) is 70.0 Å². The van der Waals surface area contributed by atoms with Gasteiger partial charge in [0.25, 0.3) is 0 Å². The van der Waals surface area contributed by atoms with E-state index in [0.29, 0.717) is 0 Å². The number of benzene rings is 2. The van der Waals surface area contributed by atoms with E-state index in [9.17, 15) is 9.90 Å². The number of ether oxygens (including phenoxy) is 1. The molecule has 0 unspecified atom stereocenters. The van der Waals surface area contributed by atoms with Crippen molar-refractivity contribution in [1.82, 2.24) is 9.78 Å². The number of carboxylic acid groups (broad SMARTS) is 1. The fraction of sp³-hybridized carbons (Fsp3) is 0.150. The van der Waals surface area contributed by atoms with E-state index in [1.807, 2.05) is 38.1 Å². The monoisotopic (exact) mass is 383 g/mol. The van der Waals surface area contributed by atoms with Crippen LogP contribution in [0.3, 0.4) is 0 Å². The van der Waals surface area contributed by atoms with Crippen LogP contribution in [0.1, 0.15) is 27.3 Å². The fourth-order valence-corrected chi connectivity index (χ4v) is 2.99. The van der Waals surface area contributed by atoms with Crippen LogP contribution in [-0.4, -0.2) is 34.2 Å². The predicted molar refractivity (Wildman–Crippen MR) is 105 cm³/mol. The molecule has 0 saturated heterocycles. The number of aryl methyl sites for hydroxylation is 1. The normalized spacial score (nSPS) is 11.1. The molecule has 0 atom stereocenters. The van der Waals surface area contributed by atoms with E-state index >= 15 is 0 Å². The van der Waals surface area contributed by atoms with Gasteiger partial charge in [-0.25, -0.2) is 9.48 Å². The Morgan fingerprint density at radius 1 is 1.22 bits per heavy atom. The Hall–Kier alpha value is -3.12. The van der Waals surface area contributed by atoms with Gasteiger partial charge in [-0.1, -0.05) is 17.7 Å². The Morgan fingerprint density at radius 2 is 1.93 bits per heavy atom. The lowest BCUT2D eigenvalue weighted by Crippen LogP contribution is -1.99. The first-order chi connectivity index (χ1) is 12.9. The highest BCUT2D eigenvalue weighted by atomic mass is 35.5. The van der Waals surface area contributed by atoms with Crippen molar-refractivity contribution in [2.75, 3.05) is 7.11 Å². The minimum Gasteiger partial charge on any atom is -0.497 e. The molecule has 6 nitrogen and oxygen atoms in total. The van der Waals surface area contributed by atoms with Crippen LogP contribution in [0.25, 0.3) is 5.69 Å². The van der Waals surface area contributed by atoms with Crippen molar-refractivity contribution in [2.24, 2.45) is 4.99 Å². The summed E-state index contributed by atoms with van der Waals surface area (Å²) in [5.41, 5.74) is 3.63. The second-order valence-electron chi connectivity index (χ2n) is 5.89. The van der Waals surface area contributed by atoms with E-state index in [1.54, 1.807) is 30.1 Å². The van der Waals surface area contributed by atoms with Crippen LogP contribution in [-0.2, 0) is 0 Å². The van der Waals surface area contributed by atoms with E-state index in [1.165, 1.54) is 6.07 Å². The summed E-state index contributed by atoms with van der Waals surface area (Å²) in [6.07, 6.45) is 1.60.